The molecule has 0 bridgehead atoms. The maximum absolute atomic E-state index is 11.3. The first-order chi connectivity index (χ1) is 6.84. The summed E-state index contributed by atoms with van der Waals surface area (Å²) in [5.41, 5.74) is 4.09. The van der Waals surface area contributed by atoms with Gasteiger partial charge < -0.3 is 26.4 Å². The first kappa shape index (κ1) is 13.8. The first-order valence-electron chi connectivity index (χ1n) is 4.36. The van der Waals surface area contributed by atoms with Crippen LogP contribution in [0.15, 0.2) is 0 Å². The predicted octanol–water partition coefficient (Wildman–Crippen LogP) is -2.35. The van der Waals surface area contributed by atoms with E-state index in [0.29, 0.717) is 0 Å². The third-order valence-electron chi connectivity index (χ3n) is 1.85. The number of aliphatic hydroxyl groups is 2. The van der Waals surface area contributed by atoms with E-state index in [-0.39, 0.29) is 0 Å². The molecule has 0 rings (SSSR count). The molecule has 0 saturated carbocycles. The molecule has 0 fully saturated rings. The summed E-state index contributed by atoms with van der Waals surface area (Å²) in [6.07, 6.45) is -0.501. The predicted molar refractivity (Wildman–Crippen MR) is 50.9 cm³/mol. The van der Waals surface area contributed by atoms with Crippen molar-refractivity contribution in [3.05, 3.63) is 0 Å². The molecule has 0 radical (unpaired) electrons. The molecule has 0 aromatic heterocycles. The van der Waals surface area contributed by atoms with Crippen LogP contribution in [0.25, 0.3) is 0 Å². The van der Waals surface area contributed by atoms with E-state index >= 15 is 0 Å². The number of hydrogen-bond donors (Lipinski definition) is 5. The van der Waals surface area contributed by atoms with E-state index in [2.05, 4.69) is 5.32 Å². The second-order valence-corrected chi connectivity index (χ2v) is 3.57. The highest BCUT2D eigenvalue weighted by Gasteiger charge is 2.27. The molecule has 1 amide bonds. The van der Waals surface area contributed by atoms with Crippen LogP contribution in [0.1, 0.15) is 13.3 Å². The van der Waals surface area contributed by atoms with E-state index in [1.165, 1.54) is 6.92 Å². The lowest BCUT2D eigenvalue weighted by molar-refractivity contribution is -0.140. The van der Waals surface area contributed by atoms with Gasteiger partial charge in [-0.2, -0.15) is 0 Å². The zero-order chi connectivity index (χ0) is 12.1. The van der Waals surface area contributed by atoms with E-state index in [0.717, 1.165) is 0 Å². The topological polar surface area (TPSA) is 133 Å². The quantitative estimate of drug-likeness (QED) is 0.340. The molecule has 0 spiro atoms. The monoisotopic (exact) mass is 220 g/mol. The minimum absolute atomic E-state index is 0.463. The van der Waals surface area contributed by atoms with Crippen molar-refractivity contribution in [2.45, 2.75) is 24.9 Å². The van der Waals surface area contributed by atoms with Crippen molar-refractivity contribution in [2.75, 3.05) is 13.2 Å². The number of carbonyl (C=O) groups is 2. The highest BCUT2D eigenvalue weighted by Crippen LogP contribution is 2.01. The number of nitrogens with one attached hydrogen (secondary N) is 1. The van der Waals surface area contributed by atoms with Crippen LogP contribution in [0, 0.1) is 0 Å². The van der Waals surface area contributed by atoms with Crippen molar-refractivity contribution < 1.29 is 24.9 Å². The Morgan fingerprint density at radius 3 is 2.20 bits per heavy atom. The van der Waals surface area contributed by atoms with Gasteiger partial charge in [-0.15, -0.1) is 0 Å². The van der Waals surface area contributed by atoms with Crippen LogP contribution in [0.3, 0.4) is 0 Å². The molecule has 15 heavy (non-hydrogen) atoms. The standard InChI is InChI=1S/C8H16N2O5/c1-8(3-11,4-12)10-7(15)5(9)2-6(13)14/h5,11-12H,2-4,9H2,1H3,(H,10,15)(H,13,14). The minimum atomic E-state index is -1.19. The van der Waals surface area contributed by atoms with Gasteiger partial charge in [0.1, 0.15) is 0 Å². The molecule has 7 nitrogen and oxygen atoms in total. The molecule has 1 unspecified atom stereocenters. The van der Waals surface area contributed by atoms with E-state index in [4.69, 9.17) is 21.1 Å². The average molecular weight is 220 g/mol. The summed E-state index contributed by atoms with van der Waals surface area (Å²) in [7, 11) is 0. The summed E-state index contributed by atoms with van der Waals surface area (Å²) < 4.78 is 0. The van der Waals surface area contributed by atoms with E-state index in [9.17, 15) is 9.59 Å². The van der Waals surface area contributed by atoms with Crippen molar-refractivity contribution in [1.82, 2.24) is 5.32 Å². The third kappa shape index (κ3) is 4.73. The number of hydrogen-bond acceptors (Lipinski definition) is 5. The van der Waals surface area contributed by atoms with Crippen LogP contribution in [-0.2, 0) is 9.59 Å². The van der Waals surface area contributed by atoms with Gasteiger partial charge in [0.15, 0.2) is 0 Å². The van der Waals surface area contributed by atoms with Gasteiger partial charge >= 0.3 is 5.97 Å². The van der Waals surface area contributed by atoms with E-state index < -0.39 is 43.1 Å². The average Bonchev–Trinajstić information content (AvgIpc) is 2.16. The van der Waals surface area contributed by atoms with Gasteiger partial charge in [-0.05, 0) is 6.92 Å². The largest absolute Gasteiger partial charge is 0.481 e. The maximum Gasteiger partial charge on any atom is 0.305 e. The van der Waals surface area contributed by atoms with Crippen molar-refractivity contribution in [3.63, 3.8) is 0 Å². The number of amides is 1. The summed E-state index contributed by atoms with van der Waals surface area (Å²) >= 11 is 0. The van der Waals surface area contributed by atoms with Gasteiger partial charge in [0.2, 0.25) is 5.91 Å². The molecule has 0 aliphatic rings. The number of rotatable bonds is 6. The van der Waals surface area contributed by atoms with Gasteiger partial charge in [0.25, 0.3) is 0 Å². The number of carboxylic acids is 1. The SMILES string of the molecule is CC(CO)(CO)NC(=O)C(N)CC(=O)O. The lowest BCUT2D eigenvalue weighted by Gasteiger charge is -2.27. The lowest BCUT2D eigenvalue weighted by atomic mass is 10.0. The molecule has 1 atom stereocenters. The Morgan fingerprint density at radius 2 is 1.87 bits per heavy atom. The van der Waals surface area contributed by atoms with E-state index in [1.54, 1.807) is 0 Å². The molecule has 0 aromatic rings. The molecular formula is C8H16N2O5. The van der Waals surface area contributed by atoms with Crippen LogP contribution in [0.4, 0.5) is 0 Å². The summed E-state index contributed by atoms with van der Waals surface area (Å²) in [6.45, 7) is 0.489. The summed E-state index contributed by atoms with van der Waals surface area (Å²) in [5, 5.41) is 28.4. The third-order valence-corrected chi connectivity index (χ3v) is 1.85. The van der Waals surface area contributed by atoms with Gasteiger partial charge in [0, 0.05) is 0 Å². The Morgan fingerprint density at radius 1 is 1.40 bits per heavy atom. The van der Waals surface area contributed by atoms with E-state index in [1.807, 2.05) is 0 Å². The second kappa shape index (κ2) is 5.64. The molecule has 0 heterocycles. The Bertz CT molecular complexity index is 239. The summed E-state index contributed by atoms with van der Waals surface area (Å²) in [6, 6.07) is -1.19. The van der Waals surface area contributed by atoms with Crippen molar-refractivity contribution in [2.24, 2.45) is 5.73 Å². The minimum Gasteiger partial charge on any atom is -0.481 e. The normalized spacial score (nSPS) is 13.3. The summed E-state index contributed by atoms with van der Waals surface area (Å²) in [4.78, 5) is 21.6. The zero-order valence-corrected chi connectivity index (χ0v) is 8.43. The van der Waals surface area contributed by atoms with Crippen molar-refractivity contribution in [3.8, 4) is 0 Å². The van der Waals surface area contributed by atoms with Gasteiger partial charge in [-0.1, -0.05) is 0 Å². The molecule has 0 aromatic carbocycles. The van der Waals surface area contributed by atoms with Gasteiger partial charge in [-0.25, -0.2) is 0 Å². The molecular weight excluding hydrogens is 204 g/mol. The van der Waals surface area contributed by atoms with Crippen molar-refractivity contribution in [1.29, 1.82) is 0 Å². The van der Waals surface area contributed by atoms with Crippen LogP contribution in [0.5, 0.6) is 0 Å². The number of carbonyl (C=O) groups excluding carboxylic acids is 1. The lowest BCUT2D eigenvalue weighted by Crippen LogP contribution is -2.56. The second-order valence-electron chi connectivity index (χ2n) is 3.57. The van der Waals surface area contributed by atoms with Crippen LogP contribution >= 0.6 is 0 Å². The first-order valence-corrected chi connectivity index (χ1v) is 4.36. The molecule has 6 N–H and O–H groups in total. The Kier molecular flexibility index (Phi) is 5.20. The molecule has 0 saturated heterocycles. The van der Waals surface area contributed by atoms with Crippen LogP contribution in [-0.4, -0.2) is 52.0 Å². The fourth-order valence-electron chi connectivity index (χ4n) is 0.800. The number of aliphatic hydroxyl groups excluding tert-OH is 2. The zero-order valence-electron chi connectivity index (χ0n) is 8.43. The Labute approximate surface area is 86.9 Å². The highest BCUT2D eigenvalue weighted by atomic mass is 16.4. The fourth-order valence-corrected chi connectivity index (χ4v) is 0.800. The van der Waals surface area contributed by atoms with Crippen LogP contribution < -0.4 is 11.1 Å². The van der Waals surface area contributed by atoms with Gasteiger partial charge in [-0.3, -0.25) is 9.59 Å². The number of nitrogens with two attached hydrogens (primary N) is 1. The molecule has 7 heteroatoms. The fraction of sp³-hybridized carbons (Fsp3) is 0.750. The Hall–Kier alpha value is -1.18. The van der Waals surface area contributed by atoms with Crippen molar-refractivity contribution >= 4 is 11.9 Å². The smallest absolute Gasteiger partial charge is 0.305 e. The molecule has 0 aliphatic carbocycles. The molecule has 0 aliphatic heterocycles. The molecule has 88 valence electrons. The highest BCUT2D eigenvalue weighted by molar-refractivity contribution is 5.86. The maximum atomic E-state index is 11.3. The Balaban J connectivity index is 4.28. The number of aliphatic carboxylic acids is 1. The van der Waals surface area contributed by atoms with Gasteiger partial charge in [0.05, 0.1) is 31.2 Å². The summed E-state index contributed by atoms with van der Waals surface area (Å²) in [5.74, 6) is -1.91. The van der Waals surface area contributed by atoms with Crippen LogP contribution in [0.2, 0.25) is 0 Å². The number of carboxylic acid groups (broad SMARTS) is 1.